The normalized spacial score (nSPS) is 20.4. The number of fused-ring (bicyclic) bond motifs is 2. The van der Waals surface area contributed by atoms with E-state index in [0.29, 0.717) is 24.7 Å². The zero-order valence-electron chi connectivity index (χ0n) is 32.9. The van der Waals surface area contributed by atoms with Crippen LogP contribution in [0, 0.1) is 0 Å². The molecule has 0 saturated carbocycles. The van der Waals surface area contributed by atoms with Crippen molar-refractivity contribution in [2.24, 2.45) is 0 Å². The van der Waals surface area contributed by atoms with E-state index in [2.05, 4.69) is 71.2 Å². The van der Waals surface area contributed by atoms with Crippen LogP contribution in [0.4, 0.5) is 16.6 Å². The molecule has 2 aromatic carbocycles. The lowest BCUT2D eigenvalue weighted by molar-refractivity contribution is -0.129. The summed E-state index contributed by atoms with van der Waals surface area (Å²) in [4.78, 5) is 36.5. The number of amides is 2. The van der Waals surface area contributed by atoms with E-state index in [4.69, 9.17) is 14.7 Å². The van der Waals surface area contributed by atoms with Gasteiger partial charge in [0.1, 0.15) is 11.9 Å². The number of nitrogens with one attached hydrogen (secondary N) is 1. The molecule has 2 aliphatic heterocycles. The molecule has 2 saturated heterocycles. The quantitative estimate of drug-likeness (QED) is 0.112. The highest BCUT2D eigenvalue weighted by Crippen LogP contribution is 2.39. The Kier molecular flexibility index (Phi) is 10.7. The van der Waals surface area contributed by atoms with Crippen molar-refractivity contribution in [2.75, 3.05) is 29.6 Å². The second-order valence-electron chi connectivity index (χ2n) is 16.5. The van der Waals surface area contributed by atoms with Gasteiger partial charge in [0, 0.05) is 30.6 Å². The molecule has 3 aromatic heterocycles. The van der Waals surface area contributed by atoms with E-state index in [9.17, 15) is 9.59 Å². The summed E-state index contributed by atoms with van der Waals surface area (Å²) in [6.07, 6.45) is 10.3. The Hall–Kier alpha value is -5.43. The molecular weight excluding hydrogens is 707 g/mol. The fourth-order valence-electron chi connectivity index (χ4n) is 8.35. The monoisotopic (exact) mass is 759 g/mol. The fourth-order valence-corrected chi connectivity index (χ4v) is 8.35. The topological polar surface area (TPSA) is 122 Å². The molecule has 0 spiro atoms. The first kappa shape index (κ1) is 37.5. The lowest BCUT2D eigenvalue weighted by atomic mass is 9.85. The first-order valence-electron chi connectivity index (χ1n) is 20.2. The number of carbonyl (C=O) groups is 2. The molecular formula is C43H53N9O4. The van der Waals surface area contributed by atoms with Crippen molar-refractivity contribution < 1.29 is 19.2 Å². The summed E-state index contributed by atoms with van der Waals surface area (Å²) in [6, 6.07) is 21.4. The van der Waals surface area contributed by atoms with Crippen molar-refractivity contribution in [1.82, 2.24) is 34.6 Å². The highest BCUT2D eigenvalue weighted by Gasteiger charge is 2.34. The summed E-state index contributed by atoms with van der Waals surface area (Å²) in [5, 5.41) is 18.1. The fraction of sp³-hybridized carbons (Fsp3) is 0.465. The van der Waals surface area contributed by atoms with Gasteiger partial charge in [0.15, 0.2) is 11.5 Å². The van der Waals surface area contributed by atoms with Crippen LogP contribution in [0.3, 0.4) is 0 Å². The van der Waals surface area contributed by atoms with Gasteiger partial charge in [-0.15, -0.1) is 15.3 Å². The van der Waals surface area contributed by atoms with E-state index in [0.717, 1.165) is 83.9 Å². The van der Waals surface area contributed by atoms with Crippen molar-refractivity contribution in [3.8, 4) is 11.4 Å². The van der Waals surface area contributed by atoms with Gasteiger partial charge in [0.05, 0.1) is 23.6 Å². The molecule has 2 unspecified atom stereocenters. The molecule has 8 rings (SSSR count). The van der Waals surface area contributed by atoms with Gasteiger partial charge in [-0.3, -0.25) is 14.1 Å². The standard InChI is InChI=1S/C43H53N9O4/c1-30-12-8-11-25-49(30)41-46-45-39-22-19-33(28-50(39)41)56-37-21-20-36(34-13-6-7-14-35(34)37)44-42(54)52(55-29-53)40-26-38(43(2,3)4)47-51(40)32-17-15-31(16-18-32)27-48-23-9-5-10-24-48/h6-7,13-19,22,26,28-30,36-37H,5,8-12,20-21,23-25,27H2,1-4H3,(H,44,54)/t30-,36?,37?/m0/s1. The third-order valence-corrected chi connectivity index (χ3v) is 11.5. The van der Waals surface area contributed by atoms with Crippen LogP contribution in [0.2, 0.25) is 0 Å². The molecule has 1 aliphatic carbocycles. The summed E-state index contributed by atoms with van der Waals surface area (Å²) in [6.45, 7) is 12.8. The van der Waals surface area contributed by atoms with Crippen LogP contribution in [0.25, 0.3) is 11.3 Å². The maximum Gasteiger partial charge on any atom is 0.357 e. The molecule has 5 heterocycles. The van der Waals surface area contributed by atoms with E-state index in [1.165, 1.54) is 31.2 Å². The minimum atomic E-state index is -0.572. The number of benzene rings is 2. The van der Waals surface area contributed by atoms with Gasteiger partial charge in [-0.05, 0) is 106 Å². The second kappa shape index (κ2) is 16.0. The molecule has 3 atom stereocenters. The number of ether oxygens (including phenoxy) is 1. The molecule has 294 valence electrons. The van der Waals surface area contributed by atoms with E-state index in [1.54, 1.807) is 4.68 Å². The predicted octanol–water partition coefficient (Wildman–Crippen LogP) is 7.84. The molecule has 13 nitrogen and oxygen atoms in total. The molecule has 13 heteroatoms. The Morgan fingerprint density at radius 3 is 2.43 bits per heavy atom. The Labute approximate surface area is 328 Å². The highest BCUT2D eigenvalue weighted by molar-refractivity contribution is 5.90. The largest absolute Gasteiger partial charge is 0.484 e. The van der Waals surface area contributed by atoms with Gasteiger partial charge in [0.25, 0.3) is 0 Å². The van der Waals surface area contributed by atoms with Crippen molar-refractivity contribution in [3.63, 3.8) is 0 Å². The second-order valence-corrected chi connectivity index (χ2v) is 16.5. The maximum absolute atomic E-state index is 14.2. The van der Waals surface area contributed by atoms with Crippen LogP contribution in [0.15, 0.2) is 72.9 Å². The molecule has 2 amide bonds. The third kappa shape index (κ3) is 7.82. The molecule has 56 heavy (non-hydrogen) atoms. The number of hydroxylamine groups is 1. The Bertz CT molecular complexity index is 2150. The van der Waals surface area contributed by atoms with E-state index in [-0.39, 0.29) is 24.0 Å². The maximum atomic E-state index is 14.2. The highest BCUT2D eigenvalue weighted by atomic mass is 16.7. The molecule has 0 radical (unpaired) electrons. The number of hydrogen-bond donors (Lipinski definition) is 1. The summed E-state index contributed by atoms with van der Waals surface area (Å²) in [7, 11) is 0. The summed E-state index contributed by atoms with van der Waals surface area (Å²) < 4.78 is 10.4. The smallest absolute Gasteiger partial charge is 0.357 e. The molecule has 5 aromatic rings. The zero-order valence-corrected chi connectivity index (χ0v) is 32.9. The molecule has 0 bridgehead atoms. The zero-order chi connectivity index (χ0) is 38.8. The van der Waals surface area contributed by atoms with Crippen LogP contribution in [-0.2, 0) is 21.6 Å². The average molecular weight is 760 g/mol. The summed E-state index contributed by atoms with van der Waals surface area (Å²) in [5.74, 6) is 1.89. The number of hydrogen-bond acceptors (Lipinski definition) is 9. The number of anilines is 2. The number of pyridine rings is 1. The van der Waals surface area contributed by atoms with Crippen molar-refractivity contribution in [2.45, 2.75) is 109 Å². The number of nitrogens with zero attached hydrogens (tertiary/aromatic N) is 8. The Morgan fingerprint density at radius 2 is 1.68 bits per heavy atom. The number of piperidine rings is 2. The number of likely N-dealkylation sites (tertiary alicyclic amines) is 1. The lowest BCUT2D eigenvalue weighted by Crippen LogP contribution is -2.43. The lowest BCUT2D eigenvalue weighted by Gasteiger charge is -2.34. The van der Waals surface area contributed by atoms with E-state index < -0.39 is 6.03 Å². The van der Waals surface area contributed by atoms with Crippen LogP contribution in [-0.4, -0.2) is 67.5 Å². The number of aromatic nitrogens is 5. The summed E-state index contributed by atoms with van der Waals surface area (Å²) >= 11 is 0. The first-order chi connectivity index (χ1) is 27.2. The van der Waals surface area contributed by atoms with Crippen molar-refractivity contribution in [1.29, 1.82) is 0 Å². The van der Waals surface area contributed by atoms with E-state index >= 15 is 0 Å². The third-order valence-electron chi connectivity index (χ3n) is 11.5. The van der Waals surface area contributed by atoms with Gasteiger partial charge in [-0.1, -0.05) is 63.6 Å². The van der Waals surface area contributed by atoms with Crippen LogP contribution in [0.5, 0.6) is 5.75 Å². The molecule has 2 fully saturated rings. The molecule has 3 aliphatic rings. The molecule has 1 N–H and O–H groups in total. The minimum Gasteiger partial charge on any atom is -0.484 e. The average Bonchev–Trinajstić information content (AvgIpc) is 3.84. The van der Waals surface area contributed by atoms with Crippen LogP contribution in [0.1, 0.15) is 114 Å². The van der Waals surface area contributed by atoms with Gasteiger partial charge in [-0.25, -0.2) is 9.48 Å². The van der Waals surface area contributed by atoms with Gasteiger partial charge in [0.2, 0.25) is 5.95 Å². The SMILES string of the molecule is C[C@H]1CCCCN1c1nnc2ccc(OC3CCC(NC(=O)N(OC=O)c4cc(C(C)(C)C)nn4-c4ccc(CN5CCCCC5)cc4)c4ccccc43)cn12. The minimum absolute atomic E-state index is 0.235. The van der Waals surface area contributed by atoms with Crippen LogP contribution >= 0.6 is 0 Å². The Morgan fingerprint density at radius 1 is 0.911 bits per heavy atom. The number of carbonyl (C=O) groups excluding carboxylic acids is 2. The first-order valence-corrected chi connectivity index (χ1v) is 20.2. The van der Waals surface area contributed by atoms with Crippen molar-refractivity contribution in [3.05, 3.63) is 95.3 Å². The van der Waals surface area contributed by atoms with Gasteiger partial charge >= 0.3 is 12.5 Å². The van der Waals surface area contributed by atoms with E-state index in [1.807, 2.05) is 59.1 Å². The van der Waals surface area contributed by atoms with Crippen LogP contribution < -0.4 is 20.0 Å². The predicted molar refractivity (Wildman–Crippen MR) is 215 cm³/mol. The summed E-state index contributed by atoms with van der Waals surface area (Å²) in [5.41, 5.74) is 5.11. The number of urea groups is 1. The Balaban J connectivity index is 1.02. The number of rotatable bonds is 10. The van der Waals surface area contributed by atoms with Crippen molar-refractivity contribution >= 4 is 29.9 Å². The van der Waals surface area contributed by atoms with Gasteiger partial charge in [-0.2, -0.15) is 5.10 Å². The van der Waals surface area contributed by atoms with Gasteiger partial charge < -0.3 is 19.8 Å².